The first-order valence-corrected chi connectivity index (χ1v) is 8.67. The number of rotatable bonds is 5. The van der Waals surface area contributed by atoms with Gasteiger partial charge in [-0.2, -0.15) is 0 Å². The molecule has 2 aliphatic heterocycles. The molecule has 25 heavy (non-hydrogen) atoms. The molecule has 1 aromatic rings. The van der Waals surface area contributed by atoms with Gasteiger partial charge in [0, 0.05) is 11.8 Å². The molecule has 5 N–H and O–H groups in total. The molecule has 0 unspecified atom stereocenters. The first-order chi connectivity index (χ1) is 12.0. The Morgan fingerprint density at radius 3 is 2.72 bits per heavy atom. The number of likely N-dealkylation sites (tertiary alicyclic amines) is 1. The van der Waals surface area contributed by atoms with Gasteiger partial charge in [-0.05, 0) is 56.9 Å². The summed E-state index contributed by atoms with van der Waals surface area (Å²) in [5, 5.41) is 14.1. The molecule has 1 saturated heterocycles. The fraction of sp³-hybridized carbons (Fsp3) is 0.444. The number of nitrogens with zero attached hydrogens (tertiary/aromatic N) is 1. The average molecular weight is 345 g/mol. The van der Waals surface area contributed by atoms with Crippen molar-refractivity contribution in [3.63, 3.8) is 0 Å². The molecule has 0 bridgehead atoms. The van der Waals surface area contributed by atoms with Crippen LogP contribution in [0.2, 0.25) is 0 Å². The summed E-state index contributed by atoms with van der Waals surface area (Å²) in [5.41, 5.74) is 7.27. The Morgan fingerprint density at radius 1 is 1.40 bits per heavy atom. The quantitative estimate of drug-likeness (QED) is 0.617. The number of piperidine rings is 1. The fourth-order valence-corrected chi connectivity index (χ4v) is 3.65. The first kappa shape index (κ1) is 17.4. The van der Waals surface area contributed by atoms with Crippen LogP contribution >= 0.6 is 0 Å². The van der Waals surface area contributed by atoms with Crippen LogP contribution in [0.15, 0.2) is 23.5 Å². The number of halogens is 1. The predicted octanol–water partition coefficient (Wildman–Crippen LogP) is 2.75. The number of anilines is 2. The SMILES string of the molecule is CCCN1CCC(/C(C=N)=C2\Nc3cc(F)cc(C(N)=O)c3N2)CC1. The number of carbonyl (C=O) groups is 1. The highest BCUT2D eigenvalue weighted by Crippen LogP contribution is 2.37. The van der Waals surface area contributed by atoms with E-state index in [2.05, 4.69) is 22.5 Å². The number of hydrogen-bond donors (Lipinski definition) is 4. The van der Waals surface area contributed by atoms with Crippen LogP contribution in [0.25, 0.3) is 0 Å². The lowest BCUT2D eigenvalue weighted by molar-refractivity contribution is 0.100. The number of carbonyl (C=O) groups excluding carboxylic acids is 1. The largest absolute Gasteiger partial charge is 0.366 e. The number of allylic oxidation sites excluding steroid dienone is 1. The van der Waals surface area contributed by atoms with E-state index in [1.54, 1.807) is 0 Å². The average Bonchev–Trinajstić information content (AvgIpc) is 2.99. The fourth-order valence-electron chi connectivity index (χ4n) is 3.65. The molecule has 6 nitrogen and oxygen atoms in total. The van der Waals surface area contributed by atoms with Gasteiger partial charge in [0.15, 0.2) is 0 Å². The number of primary amides is 1. The maximum absolute atomic E-state index is 13.7. The van der Waals surface area contributed by atoms with Gasteiger partial charge in [-0.3, -0.25) is 4.79 Å². The molecular weight excluding hydrogens is 321 g/mol. The molecule has 0 aromatic heterocycles. The lowest BCUT2D eigenvalue weighted by Crippen LogP contribution is -2.35. The van der Waals surface area contributed by atoms with E-state index in [1.807, 2.05) is 0 Å². The zero-order valence-corrected chi connectivity index (χ0v) is 14.4. The van der Waals surface area contributed by atoms with Gasteiger partial charge in [-0.15, -0.1) is 0 Å². The van der Waals surface area contributed by atoms with Gasteiger partial charge in [0.2, 0.25) is 0 Å². The Hall–Kier alpha value is -2.41. The van der Waals surface area contributed by atoms with Crippen LogP contribution < -0.4 is 16.4 Å². The van der Waals surface area contributed by atoms with Crippen LogP contribution in [0.3, 0.4) is 0 Å². The van der Waals surface area contributed by atoms with Crippen LogP contribution in [-0.4, -0.2) is 36.7 Å². The van der Waals surface area contributed by atoms with E-state index in [1.165, 1.54) is 12.3 Å². The van der Waals surface area contributed by atoms with E-state index < -0.39 is 11.7 Å². The third-order valence-corrected chi connectivity index (χ3v) is 4.89. The number of hydrogen-bond acceptors (Lipinski definition) is 5. The van der Waals surface area contributed by atoms with Gasteiger partial charge in [-0.25, -0.2) is 4.39 Å². The Labute approximate surface area is 146 Å². The maximum Gasteiger partial charge on any atom is 0.250 e. The zero-order valence-electron chi connectivity index (χ0n) is 14.4. The first-order valence-electron chi connectivity index (χ1n) is 8.67. The minimum absolute atomic E-state index is 0.111. The Morgan fingerprint density at radius 2 is 2.12 bits per heavy atom. The van der Waals surface area contributed by atoms with E-state index >= 15 is 0 Å². The molecule has 3 rings (SSSR count). The summed E-state index contributed by atoms with van der Waals surface area (Å²) >= 11 is 0. The number of benzene rings is 1. The van der Waals surface area contributed by atoms with Crippen molar-refractivity contribution in [2.75, 3.05) is 30.3 Å². The highest BCUT2D eigenvalue weighted by molar-refractivity contribution is 6.04. The van der Waals surface area contributed by atoms with Crippen molar-refractivity contribution >= 4 is 23.5 Å². The summed E-state index contributed by atoms with van der Waals surface area (Å²) < 4.78 is 13.7. The molecule has 134 valence electrons. The molecule has 2 heterocycles. The summed E-state index contributed by atoms with van der Waals surface area (Å²) in [6.07, 6.45) is 4.45. The van der Waals surface area contributed by atoms with Crippen molar-refractivity contribution in [1.82, 2.24) is 4.90 Å². The van der Waals surface area contributed by atoms with Gasteiger partial charge in [0.1, 0.15) is 11.6 Å². The van der Waals surface area contributed by atoms with Crippen LogP contribution in [0.5, 0.6) is 0 Å². The topological polar surface area (TPSA) is 94.2 Å². The number of fused-ring (bicyclic) bond motifs is 1. The van der Waals surface area contributed by atoms with Crippen molar-refractivity contribution in [2.45, 2.75) is 26.2 Å². The molecule has 2 aliphatic rings. The minimum Gasteiger partial charge on any atom is -0.366 e. The second-order valence-corrected chi connectivity index (χ2v) is 6.58. The third-order valence-electron chi connectivity index (χ3n) is 4.89. The van der Waals surface area contributed by atoms with Crippen LogP contribution in [-0.2, 0) is 0 Å². The Bertz CT molecular complexity index is 722. The van der Waals surface area contributed by atoms with Crippen molar-refractivity contribution < 1.29 is 9.18 Å². The van der Waals surface area contributed by atoms with Crippen molar-refractivity contribution in [3.05, 3.63) is 34.9 Å². The molecule has 1 amide bonds. The molecule has 0 spiro atoms. The summed E-state index contributed by atoms with van der Waals surface area (Å²) in [6, 6.07) is 2.46. The summed E-state index contributed by atoms with van der Waals surface area (Å²) in [5.74, 6) is -0.299. The summed E-state index contributed by atoms with van der Waals surface area (Å²) in [4.78, 5) is 14.0. The molecule has 0 atom stereocenters. The van der Waals surface area contributed by atoms with Crippen molar-refractivity contribution in [2.24, 2.45) is 11.7 Å². The van der Waals surface area contributed by atoms with Gasteiger partial charge in [-0.1, -0.05) is 6.92 Å². The van der Waals surface area contributed by atoms with E-state index in [4.69, 9.17) is 11.1 Å². The van der Waals surface area contributed by atoms with E-state index in [0.29, 0.717) is 17.2 Å². The van der Waals surface area contributed by atoms with Crippen molar-refractivity contribution in [1.29, 1.82) is 5.41 Å². The highest BCUT2D eigenvalue weighted by Gasteiger charge is 2.28. The molecule has 1 fully saturated rings. The van der Waals surface area contributed by atoms with E-state index in [9.17, 15) is 9.18 Å². The second-order valence-electron chi connectivity index (χ2n) is 6.58. The minimum atomic E-state index is -0.685. The molecule has 0 aliphatic carbocycles. The van der Waals surface area contributed by atoms with Gasteiger partial charge < -0.3 is 26.7 Å². The molecule has 1 aromatic carbocycles. The molecule has 0 radical (unpaired) electrons. The second kappa shape index (κ2) is 7.23. The number of nitrogens with two attached hydrogens (primary N) is 1. The van der Waals surface area contributed by atoms with E-state index in [0.717, 1.165) is 50.5 Å². The summed E-state index contributed by atoms with van der Waals surface area (Å²) in [7, 11) is 0. The third kappa shape index (κ3) is 3.51. The zero-order chi connectivity index (χ0) is 18.0. The number of nitrogens with one attached hydrogen (secondary N) is 3. The number of amides is 1. The predicted molar refractivity (Wildman–Crippen MR) is 97.4 cm³/mol. The van der Waals surface area contributed by atoms with Crippen LogP contribution in [0.4, 0.5) is 15.8 Å². The lowest BCUT2D eigenvalue weighted by atomic mass is 9.89. The monoisotopic (exact) mass is 345 g/mol. The summed E-state index contributed by atoms with van der Waals surface area (Å²) in [6.45, 7) is 5.30. The molecule has 7 heteroatoms. The maximum atomic E-state index is 13.7. The molecular formula is C18H24FN5O. The van der Waals surface area contributed by atoms with Crippen LogP contribution in [0, 0.1) is 17.1 Å². The van der Waals surface area contributed by atoms with E-state index in [-0.39, 0.29) is 11.5 Å². The Kier molecular flexibility index (Phi) is 5.03. The van der Waals surface area contributed by atoms with Gasteiger partial charge in [0.25, 0.3) is 5.91 Å². The smallest absolute Gasteiger partial charge is 0.250 e. The lowest BCUT2D eigenvalue weighted by Gasteiger charge is -2.32. The van der Waals surface area contributed by atoms with Gasteiger partial charge >= 0.3 is 0 Å². The van der Waals surface area contributed by atoms with Crippen molar-refractivity contribution in [3.8, 4) is 0 Å². The molecule has 0 saturated carbocycles. The Balaban J connectivity index is 1.84. The normalized spacial score (nSPS) is 19.8. The van der Waals surface area contributed by atoms with Crippen LogP contribution in [0.1, 0.15) is 36.5 Å². The van der Waals surface area contributed by atoms with Gasteiger partial charge in [0.05, 0.1) is 16.9 Å². The highest BCUT2D eigenvalue weighted by atomic mass is 19.1. The standard InChI is InChI=1S/C18H24FN5O/c1-2-5-24-6-3-11(4-7-24)14(10-20)18-22-15-9-12(19)8-13(17(21)25)16(15)23-18/h8-11,20,22-23H,2-7H2,1H3,(H2,21,25)/b18-14+,20-10?.